The van der Waals surface area contributed by atoms with E-state index >= 15 is 0 Å². The third-order valence-electron chi connectivity index (χ3n) is 7.51. The molecule has 0 saturated carbocycles. The zero-order valence-electron chi connectivity index (χ0n) is 29.9. The van der Waals surface area contributed by atoms with Crippen LogP contribution in [0.15, 0.2) is 36.9 Å². The van der Waals surface area contributed by atoms with Crippen molar-refractivity contribution in [2.24, 2.45) is 11.3 Å². The molecule has 4 atom stereocenters. The molecule has 262 valence electrons. The molecule has 12 heteroatoms. The Balaban J connectivity index is 0.00000354. The smallest absolute Gasteiger partial charge is 0.316 e. The van der Waals surface area contributed by atoms with Crippen LogP contribution in [0.3, 0.4) is 0 Å². The van der Waals surface area contributed by atoms with Crippen LogP contribution in [0.2, 0.25) is 0 Å². The van der Waals surface area contributed by atoms with Gasteiger partial charge in [0.05, 0.1) is 12.1 Å². The van der Waals surface area contributed by atoms with Crippen molar-refractivity contribution in [3.8, 4) is 0 Å². The van der Waals surface area contributed by atoms with Gasteiger partial charge < -0.3 is 31.1 Å². The lowest BCUT2D eigenvalue weighted by molar-refractivity contribution is -0.143. The van der Waals surface area contributed by atoms with E-state index in [2.05, 4.69) is 41.7 Å². The van der Waals surface area contributed by atoms with E-state index in [9.17, 15) is 28.8 Å². The van der Waals surface area contributed by atoms with Crippen LogP contribution in [0.4, 0.5) is 10.5 Å². The van der Waals surface area contributed by atoms with Gasteiger partial charge >= 0.3 is 6.03 Å². The molecule has 1 heterocycles. The number of anilines is 1. The minimum absolute atomic E-state index is 0.112. The van der Waals surface area contributed by atoms with Crippen molar-refractivity contribution in [1.82, 2.24) is 26.2 Å². The highest BCUT2D eigenvalue weighted by molar-refractivity contribution is 6.38. The van der Waals surface area contributed by atoms with Crippen LogP contribution in [-0.4, -0.2) is 91.6 Å². The summed E-state index contributed by atoms with van der Waals surface area (Å²) in [6.07, 6.45) is 3.59. The predicted octanol–water partition coefficient (Wildman–Crippen LogP) is 3.46. The molecule has 1 saturated heterocycles. The van der Waals surface area contributed by atoms with Crippen molar-refractivity contribution in [1.29, 1.82) is 0 Å². The summed E-state index contributed by atoms with van der Waals surface area (Å²) in [5.74, 6) is -3.16. The van der Waals surface area contributed by atoms with Crippen LogP contribution in [0, 0.1) is 11.3 Å². The fourth-order valence-corrected chi connectivity index (χ4v) is 4.89. The summed E-state index contributed by atoms with van der Waals surface area (Å²) in [6, 6.07) is 2.57. The highest BCUT2D eigenvalue weighted by atomic mass is 16.2. The fraction of sp³-hybridized carbons (Fsp3) is 0.600. The van der Waals surface area contributed by atoms with Crippen molar-refractivity contribution < 1.29 is 28.8 Å². The first-order chi connectivity index (χ1) is 21.9. The van der Waals surface area contributed by atoms with Crippen LogP contribution in [0.1, 0.15) is 85.0 Å². The molecule has 0 spiro atoms. The van der Waals surface area contributed by atoms with Gasteiger partial charge in [-0.25, -0.2) is 4.79 Å². The van der Waals surface area contributed by atoms with Gasteiger partial charge in [0.25, 0.3) is 5.91 Å². The standard InChI is InChI=1S/C32H48N6O6.C3H8/c1-10-17-33-29(42)25(39)20(4)34-28(41)23-12-11-18-38(23)30(43)27(32(5,6)7)36-31(44)35-24(19(2)3)26(40)21-13-15-22(16-14-21)37(8)9;1-3-2/h10,13-16,19-20,23-24,27H,1,11-12,17-18H2,2-9H3,(H,33,42)(H,34,41)(H2,35,36,44);3H2,1-2H3/t20?,23-,24?,27?;/m0./s1. The molecule has 47 heavy (non-hydrogen) atoms. The number of Topliss-reactive ketones (excluding diaryl/α,β-unsaturated/α-hetero) is 2. The molecule has 0 radical (unpaired) electrons. The number of carbonyl (C=O) groups is 6. The second-order valence-corrected chi connectivity index (χ2v) is 13.4. The average Bonchev–Trinajstić information content (AvgIpc) is 3.50. The number of amides is 5. The number of urea groups is 1. The zero-order valence-corrected chi connectivity index (χ0v) is 29.9. The monoisotopic (exact) mass is 656 g/mol. The lowest BCUT2D eigenvalue weighted by Crippen LogP contribution is -2.61. The van der Waals surface area contributed by atoms with E-state index < -0.39 is 59.1 Å². The Labute approximate surface area is 280 Å². The normalized spacial score (nSPS) is 16.1. The van der Waals surface area contributed by atoms with Crippen molar-refractivity contribution >= 4 is 41.0 Å². The second kappa shape index (κ2) is 18.8. The van der Waals surface area contributed by atoms with Gasteiger partial charge in [-0.2, -0.15) is 0 Å². The van der Waals surface area contributed by atoms with Crippen molar-refractivity contribution in [2.75, 3.05) is 32.1 Å². The van der Waals surface area contributed by atoms with Gasteiger partial charge in [0.1, 0.15) is 12.1 Å². The number of likely N-dealkylation sites (tertiary alicyclic amines) is 1. The van der Waals surface area contributed by atoms with E-state index in [4.69, 9.17) is 0 Å². The van der Waals surface area contributed by atoms with Crippen LogP contribution in [-0.2, 0) is 19.2 Å². The third-order valence-corrected chi connectivity index (χ3v) is 7.51. The molecule has 5 amide bonds. The lowest BCUT2D eigenvalue weighted by Gasteiger charge is -2.36. The lowest BCUT2D eigenvalue weighted by atomic mass is 9.85. The first-order valence-corrected chi connectivity index (χ1v) is 16.3. The molecule has 1 fully saturated rings. The van der Waals surface area contributed by atoms with Gasteiger partial charge in [-0.15, -0.1) is 6.58 Å². The second-order valence-electron chi connectivity index (χ2n) is 13.4. The molecule has 4 N–H and O–H groups in total. The Bertz CT molecular complexity index is 1250. The number of nitrogens with one attached hydrogen (secondary N) is 4. The zero-order chi connectivity index (χ0) is 36.1. The summed E-state index contributed by atoms with van der Waals surface area (Å²) < 4.78 is 0. The SMILES string of the molecule is C=CCNC(=O)C(=O)C(C)NC(=O)[C@@H]1CCCN1C(=O)C(NC(=O)NC(C(=O)c1ccc(N(C)C)cc1)C(C)C)C(C)(C)C.CCC. The molecule has 1 aromatic carbocycles. The molecule has 3 unspecified atom stereocenters. The molecule has 1 aliphatic rings. The van der Waals surface area contributed by atoms with Gasteiger partial charge in [0.15, 0.2) is 5.78 Å². The minimum atomic E-state index is -1.10. The number of hydrogen-bond acceptors (Lipinski definition) is 7. The van der Waals surface area contributed by atoms with Gasteiger partial charge in [-0.3, -0.25) is 24.0 Å². The van der Waals surface area contributed by atoms with E-state index in [0.717, 1.165) is 5.69 Å². The maximum absolute atomic E-state index is 13.8. The summed E-state index contributed by atoms with van der Waals surface area (Å²) in [7, 11) is 3.80. The third kappa shape index (κ3) is 12.1. The molecular weight excluding hydrogens is 600 g/mol. The quantitative estimate of drug-likeness (QED) is 0.144. The summed E-state index contributed by atoms with van der Waals surface area (Å²) in [4.78, 5) is 81.3. The van der Waals surface area contributed by atoms with Crippen molar-refractivity contribution in [2.45, 2.75) is 98.8 Å². The largest absolute Gasteiger partial charge is 0.378 e. The van der Waals surface area contributed by atoms with E-state index in [1.54, 1.807) is 32.9 Å². The fourth-order valence-electron chi connectivity index (χ4n) is 4.89. The van der Waals surface area contributed by atoms with Crippen LogP contribution >= 0.6 is 0 Å². The molecule has 12 nitrogen and oxygen atoms in total. The van der Waals surface area contributed by atoms with Gasteiger partial charge in [-0.05, 0) is 55.4 Å². The predicted molar refractivity (Wildman–Crippen MR) is 185 cm³/mol. The maximum atomic E-state index is 13.8. The Morgan fingerprint density at radius 1 is 0.979 bits per heavy atom. The number of hydrogen-bond donors (Lipinski definition) is 4. The van der Waals surface area contributed by atoms with E-state index in [1.807, 2.05) is 45.0 Å². The van der Waals surface area contributed by atoms with Gasteiger partial charge in [0, 0.05) is 38.4 Å². The van der Waals surface area contributed by atoms with Crippen molar-refractivity contribution in [3.63, 3.8) is 0 Å². The van der Waals surface area contributed by atoms with Crippen molar-refractivity contribution in [3.05, 3.63) is 42.5 Å². The number of carbonyl (C=O) groups excluding carboxylic acids is 6. The summed E-state index contributed by atoms with van der Waals surface area (Å²) >= 11 is 0. The van der Waals surface area contributed by atoms with Crippen LogP contribution in [0.25, 0.3) is 0 Å². The van der Waals surface area contributed by atoms with Gasteiger partial charge in [0.2, 0.25) is 17.6 Å². The minimum Gasteiger partial charge on any atom is -0.378 e. The molecule has 0 aromatic heterocycles. The highest BCUT2D eigenvalue weighted by Gasteiger charge is 2.43. The summed E-state index contributed by atoms with van der Waals surface area (Å²) in [5, 5.41) is 10.4. The number of ketones is 2. The Morgan fingerprint density at radius 2 is 1.55 bits per heavy atom. The molecule has 0 aliphatic carbocycles. The number of benzene rings is 1. The van der Waals surface area contributed by atoms with E-state index in [-0.39, 0.29) is 24.8 Å². The molecule has 1 aromatic rings. The van der Waals surface area contributed by atoms with Gasteiger partial charge in [-0.1, -0.05) is 61.0 Å². The number of rotatable bonds is 13. The molecule has 2 rings (SSSR count). The first kappa shape index (κ1) is 40.8. The Hall–Kier alpha value is -4.22. The molecule has 0 bridgehead atoms. The van der Waals surface area contributed by atoms with E-state index in [0.29, 0.717) is 18.4 Å². The van der Waals surface area contributed by atoms with Crippen LogP contribution < -0.4 is 26.2 Å². The highest BCUT2D eigenvalue weighted by Crippen LogP contribution is 2.26. The topological polar surface area (TPSA) is 157 Å². The maximum Gasteiger partial charge on any atom is 0.316 e. The Morgan fingerprint density at radius 3 is 2.04 bits per heavy atom. The summed E-state index contributed by atoms with van der Waals surface area (Å²) in [5.41, 5.74) is 0.642. The first-order valence-electron chi connectivity index (χ1n) is 16.3. The van der Waals surface area contributed by atoms with Crippen LogP contribution in [0.5, 0.6) is 0 Å². The van der Waals surface area contributed by atoms with E-state index in [1.165, 1.54) is 24.3 Å². The summed E-state index contributed by atoms with van der Waals surface area (Å²) in [6.45, 7) is 18.6. The number of nitrogens with zero attached hydrogens (tertiary/aromatic N) is 2. The average molecular weight is 657 g/mol. The Kier molecular flexibility index (Phi) is 16.3. The molecular formula is C35H56N6O6. The molecule has 1 aliphatic heterocycles.